The van der Waals surface area contributed by atoms with Gasteiger partial charge in [0.15, 0.2) is 11.5 Å². The van der Waals surface area contributed by atoms with Gasteiger partial charge in [0, 0.05) is 19.0 Å². The highest BCUT2D eigenvalue weighted by Gasteiger charge is 2.28. The zero-order valence-corrected chi connectivity index (χ0v) is 10.4. The summed E-state index contributed by atoms with van der Waals surface area (Å²) in [6, 6.07) is 0. The second-order valence-electron chi connectivity index (χ2n) is 4.61. The van der Waals surface area contributed by atoms with Crippen molar-refractivity contribution in [3.8, 4) is 0 Å². The van der Waals surface area contributed by atoms with E-state index >= 15 is 0 Å². The molecule has 0 aliphatic heterocycles. The van der Waals surface area contributed by atoms with Crippen LogP contribution in [0.25, 0.3) is 11.2 Å². The molecule has 5 nitrogen and oxygen atoms in total. The van der Waals surface area contributed by atoms with E-state index in [1.807, 2.05) is 7.05 Å². The summed E-state index contributed by atoms with van der Waals surface area (Å²) in [5.74, 6) is 1.58. The first-order valence-corrected chi connectivity index (χ1v) is 6.17. The molecule has 2 aromatic rings. The van der Waals surface area contributed by atoms with E-state index in [-0.39, 0.29) is 0 Å². The lowest BCUT2D eigenvalue weighted by molar-refractivity contribution is 0.329. The summed E-state index contributed by atoms with van der Waals surface area (Å²) >= 11 is 5.99. The Morgan fingerprint density at radius 1 is 1.41 bits per heavy atom. The number of hydrogen-bond acceptors (Lipinski definition) is 4. The Morgan fingerprint density at radius 2 is 2.24 bits per heavy atom. The van der Waals surface area contributed by atoms with Crippen LogP contribution in [0.15, 0.2) is 12.7 Å². The van der Waals surface area contributed by atoms with E-state index in [1.165, 1.54) is 0 Å². The average molecular weight is 252 g/mol. The molecule has 90 valence electrons. The lowest BCUT2D eigenvalue weighted by Gasteiger charge is -2.34. The van der Waals surface area contributed by atoms with Crippen LogP contribution in [0.1, 0.15) is 12.8 Å². The van der Waals surface area contributed by atoms with Crippen molar-refractivity contribution in [2.45, 2.75) is 18.2 Å². The van der Waals surface area contributed by atoms with Gasteiger partial charge in [0.1, 0.15) is 11.8 Å². The maximum Gasteiger partial charge on any atom is 0.182 e. The summed E-state index contributed by atoms with van der Waals surface area (Å²) in [7, 11) is 2.05. The molecular weight excluding hydrogens is 238 g/mol. The molecule has 0 aromatic carbocycles. The molecule has 0 atom stereocenters. The topological polar surface area (TPSA) is 57.7 Å². The fourth-order valence-electron chi connectivity index (χ4n) is 2.32. The molecule has 3 rings (SSSR count). The number of anilines is 1. The first kappa shape index (κ1) is 10.8. The van der Waals surface area contributed by atoms with Crippen LogP contribution >= 0.6 is 11.6 Å². The molecular formula is C11H14ClN5. The van der Waals surface area contributed by atoms with Crippen LogP contribution in [0.3, 0.4) is 0 Å². The van der Waals surface area contributed by atoms with E-state index in [1.54, 1.807) is 12.7 Å². The van der Waals surface area contributed by atoms with Crippen LogP contribution in [-0.2, 0) is 0 Å². The first-order chi connectivity index (χ1) is 8.24. The van der Waals surface area contributed by atoms with Crippen molar-refractivity contribution >= 4 is 28.6 Å². The maximum atomic E-state index is 5.99. The molecule has 0 unspecified atom stereocenters. The molecule has 2 heterocycles. The number of alkyl halides is 1. The number of aromatic amines is 1. The van der Waals surface area contributed by atoms with Crippen molar-refractivity contribution in [3.05, 3.63) is 12.7 Å². The summed E-state index contributed by atoms with van der Waals surface area (Å²) in [5.41, 5.74) is 1.61. The number of rotatable bonds is 3. The molecule has 0 radical (unpaired) electrons. The second-order valence-corrected chi connectivity index (χ2v) is 5.23. The molecule has 0 bridgehead atoms. The van der Waals surface area contributed by atoms with E-state index in [2.05, 4.69) is 24.8 Å². The third kappa shape index (κ3) is 1.95. The monoisotopic (exact) mass is 251 g/mol. The Bertz CT molecular complexity index is 519. The van der Waals surface area contributed by atoms with E-state index in [0.717, 1.165) is 30.7 Å². The van der Waals surface area contributed by atoms with Crippen molar-refractivity contribution in [3.63, 3.8) is 0 Å². The zero-order chi connectivity index (χ0) is 11.8. The summed E-state index contributed by atoms with van der Waals surface area (Å²) in [4.78, 5) is 17.8. The minimum atomic E-state index is 0.367. The lowest BCUT2D eigenvalue weighted by Crippen LogP contribution is -2.35. The van der Waals surface area contributed by atoms with E-state index in [9.17, 15) is 0 Å². The van der Waals surface area contributed by atoms with E-state index in [4.69, 9.17) is 11.6 Å². The number of imidazole rings is 1. The van der Waals surface area contributed by atoms with Crippen molar-refractivity contribution in [1.29, 1.82) is 0 Å². The first-order valence-electron chi connectivity index (χ1n) is 5.73. The molecule has 1 fully saturated rings. The normalized spacial score (nSPS) is 23.6. The highest BCUT2D eigenvalue weighted by molar-refractivity contribution is 6.21. The van der Waals surface area contributed by atoms with Crippen LogP contribution < -0.4 is 4.90 Å². The molecule has 1 aliphatic rings. The van der Waals surface area contributed by atoms with Gasteiger partial charge in [-0.2, -0.15) is 0 Å². The van der Waals surface area contributed by atoms with Crippen LogP contribution in [0.4, 0.5) is 5.82 Å². The van der Waals surface area contributed by atoms with Gasteiger partial charge in [-0.25, -0.2) is 15.0 Å². The van der Waals surface area contributed by atoms with Gasteiger partial charge in [-0.3, -0.25) is 0 Å². The summed E-state index contributed by atoms with van der Waals surface area (Å²) < 4.78 is 0. The van der Waals surface area contributed by atoms with Crippen LogP contribution in [0, 0.1) is 5.92 Å². The third-order valence-electron chi connectivity index (χ3n) is 3.27. The molecule has 17 heavy (non-hydrogen) atoms. The van der Waals surface area contributed by atoms with Gasteiger partial charge >= 0.3 is 0 Å². The fourth-order valence-corrected chi connectivity index (χ4v) is 2.82. The third-order valence-corrected chi connectivity index (χ3v) is 3.63. The van der Waals surface area contributed by atoms with Gasteiger partial charge < -0.3 is 9.88 Å². The van der Waals surface area contributed by atoms with Gasteiger partial charge in [-0.05, 0) is 18.8 Å². The number of halogens is 1. The predicted octanol–water partition coefficient (Wildman–Crippen LogP) is 1.81. The zero-order valence-electron chi connectivity index (χ0n) is 9.60. The smallest absolute Gasteiger partial charge is 0.182 e. The predicted molar refractivity (Wildman–Crippen MR) is 67.3 cm³/mol. The molecule has 1 aliphatic carbocycles. The lowest BCUT2D eigenvalue weighted by atomic mass is 9.84. The average Bonchev–Trinajstić information content (AvgIpc) is 2.74. The summed E-state index contributed by atoms with van der Waals surface area (Å²) in [6.07, 6.45) is 5.40. The van der Waals surface area contributed by atoms with E-state index < -0.39 is 0 Å². The van der Waals surface area contributed by atoms with Gasteiger partial charge in [-0.1, -0.05) is 0 Å². The van der Waals surface area contributed by atoms with Crippen LogP contribution in [0.2, 0.25) is 0 Å². The quantitative estimate of drug-likeness (QED) is 0.846. The van der Waals surface area contributed by atoms with Gasteiger partial charge in [-0.15, -0.1) is 11.6 Å². The number of nitrogens with one attached hydrogen (secondary N) is 1. The number of nitrogens with zero attached hydrogens (tertiary/aromatic N) is 4. The van der Waals surface area contributed by atoms with Gasteiger partial charge in [0.25, 0.3) is 0 Å². The number of aromatic nitrogens is 4. The van der Waals surface area contributed by atoms with Crippen molar-refractivity contribution in [2.24, 2.45) is 5.92 Å². The molecule has 1 N–H and O–H groups in total. The minimum Gasteiger partial charge on any atom is -0.358 e. The van der Waals surface area contributed by atoms with Gasteiger partial charge in [0.2, 0.25) is 0 Å². The number of fused-ring (bicyclic) bond motifs is 1. The number of H-pyrrole nitrogens is 1. The Balaban J connectivity index is 1.80. The number of hydrogen-bond donors (Lipinski definition) is 1. The van der Waals surface area contributed by atoms with Crippen molar-refractivity contribution in [2.75, 3.05) is 18.5 Å². The highest BCUT2D eigenvalue weighted by Crippen LogP contribution is 2.33. The Kier molecular flexibility index (Phi) is 2.63. The largest absolute Gasteiger partial charge is 0.358 e. The summed E-state index contributed by atoms with van der Waals surface area (Å²) in [5, 5.41) is 0.367. The molecule has 0 amide bonds. The summed E-state index contributed by atoms with van der Waals surface area (Å²) in [6.45, 7) is 0.981. The maximum absolute atomic E-state index is 5.99. The standard InChI is InChI=1S/C11H14ClN5/c1-17(4-7-2-8(12)3-7)11-9-10(14-5-13-9)15-6-16-11/h5-8H,2-4H2,1H3,(H,13,14,15,16). The van der Waals surface area contributed by atoms with Gasteiger partial charge in [0.05, 0.1) is 6.33 Å². The van der Waals surface area contributed by atoms with Crippen molar-refractivity contribution < 1.29 is 0 Å². The van der Waals surface area contributed by atoms with E-state index in [0.29, 0.717) is 16.9 Å². The van der Waals surface area contributed by atoms with Crippen molar-refractivity contribution in [1.82, 2.24) is 19.9 Å². The second kappa shape index (κ2) is 4.14. The Hall–Kier alpha value is -1.36. The Labute approximate surface area is 104 Å². The van der Waals surface area contributed by atoms with Crippen LogP contribution in [0.5, 0.6) is 0 Å². The highest BCUT2D eigenvalue weighted by atomic mass is 35.5. The molecule has 6 heteroatoms. The fraction of sp³-hybridized carbons (Fsp3) is 0.545. The molecule has 1 saturated carbocycles. The molecule has 0 saturated heterocycles. The minimum absolute atomic E-state index is 0.367. The Morgan fingerprint density at radius 3 is 3.00 bits per heavy atom. The van der Waals surface area contributed by atoms with Crippen LogP contribution in [-0.4, -0.2) is 38.9 Å². The molecule has 2 aromatic heterocycles. The SMILES string of the molecule is CN(CC1CC(Cl)C1)c1ncnc2nc[nH]c12. The molecule has 0 spiro atoms.